The van der Waals surface area contributed by atoms with Gasteiger partial charge in [-0.25, -0.2) is 0 Å². The van der Waals surface area contributed by atoms with Gasteiger partial charge in [-0.15, -0.1) is 0 Å². The maximum atomic E-state index is 5.85. The van der Waals surface area contributed by atoms with E-state index in [2.05, 4.69) is 26.9 Å². The van der Waals surface area contributed by atoms with E-state index in [0.29, 0.717) is 6.10 Å². The van der Waals surface area contributed by atoms with E-state index >= 15 is 0 Å². The van der Waals surface area contributed by atoms with Crippen LogP contribution in [0.5, 0.6) is 0 Å². The molecule has 1 aromatic heterocycles. The molecule has 0 aliphatic carbocycles. The van der Waals surface area contributed by atoms with Crippen LogP contribution in [0.15, 0.2) is 4.52 Å². The monoisotopic (exact) mass is 308 g/mol. The summed E-state index contributed by atoms with van der Waals surface area (Å²) in [5.74, 6) is 1.55. The average Bonchev–Trinajstić information content (AvgIpc) is 3.05. The molecule has 2 atom stereocenters. The minimum Gasteiger partial charge on any atom is -0.377 e. The van der Waals surface area contributed by atoms with Gasteiger partial charge in [0.1, 0.15) is 0 Å². The third kappa shape index (κ3) is 3.86. The Kier molecular flexibility index (Phi) is 5.44. The van der Waals surface area contributed by atoms with Gasteiger partial charge in [-0.1, -0.05) is 12.1 Å². The summed E-state index contributed by atoms with van der Waals surface area (Å²) in [6, 6.07) is 0.209. The lowest BCUT2D eigenvalue weighted by Gasteiger charge is -2.38. The first-order chi connectivity index (χ1) is 10.8. The lowest BCUT2D eigenvalue weighted by molar-refractivity contribution is -0.0175. The van der Waals surface area contributed by atoms with E-state index < -0.39 is 0 Å². The van der Waals surface area contributed by atoms with E-state index in [-0.39, 0.29) is 6.04 Å². The van der Waals surface area contributed by atoms with E-state index in [9.17, 15) is 0 Å². The van der Waals surface area contributed by atoms with Crippen molar-refractivity contribution in [1.29, 1.82) is 0 Å². The molecule has 22 heavy (non-hydrogen) atoms. The lowest BCUT2D eigenvalue weighted by atomic mass is 10.1. The minimum absolute atomic E-state index is 0.209. The highest BCUT2D eigenvalue weighted by molar-refractivity contribution is 4.93. The van der Waals surface area contributed by atoms with Crippen LogP contribution in [-0.2, 0) is 11.2 Å². The zero-order valence-corrected chi connectivity index (χ0v) is 13.8. The molecule has 0 radical (unpaired) electrons. The van der Waals surface area contributed by atoms with E-state index in [1.165, 1.54) is 19.3 Å². The SMILES string of the molecule is CCc1noc([C@@H](C)N2CCN(C[C@@H]3CCCCO3)CC2)n1. The highest BCUT2D eigenvalue weighted by Crippen LogP contribution is 2.21. The first-order valence-corrected chi connectivity index (χ1v) is 8.66. The molecule has 0 unspecified atom stereocenters. The molecule has 124 valence electrons. The lowest BCUT2D eigenvalue weighted by Crippen LogP contribution is -2.49. The number of aromatic nitrogens is 2. The van der Waals surface area contributed by atoms with Crippen LogP contribution < -0.4 is 0 Å². The first-order valence-electron chi connectivity index (χ1n) is 8.66. The van der Waals surface area contributed by atoms with Crippen molar-refractivity contribution < 1.29 is 9.26 Å². The maximum absolute atomic E-state index is 5.85. The van der Waals surface area contributed by atoms with Gasteiger partial charge >= 0.3 is 0 Å². The summed E-state index contributed by atoms with van der Waals surface area (Å²) in [6.45, 7) is 10.5. The van der Waals surface area contributed by atoms with Gasteiger partial charge in [-0.2, -0.15) is 4.98 Å². The number of hydrogen-bond acceptors (Lipinski definition) is 6. The van der Waals surface area contributed by atoms with Crippen molar-refractivity contribution >= 4 is 0 Å². The van der Waals surface area contributed by atoms with Crippen molar-refractivity contribution in [1.82, 2.24) is 19.9 Å². The first kappa shape index (κ1) is 15.9. The van der Waals surface area contributed by atoms with E-state index in [0.717, 1.165) is 57.5 Å². The van der Waals surface area contributed by atoms with Crippen molar-refractivity contribution in [3.05, 3.63) is 11.7 Å². The van der Waals surface area contributed by atoms with Crippen LogP contribution in [-0.4, -0.2) is 65.4 Å². The minimum atomic E-state index is 0.209. The number of ether oxygens (including phenoxy) is 1. The number of piperazine rings is 1. The maximum Gasteiger partial charge on any atom is 0.243 e. The smallest absolute Gasteiger partial charge is 0.243 e. The molecule has 0 amide bonds. The molecule has 2 saturated heterocycles. The molecule has 0 bridgehead atoms. The molecule has 2 fully saturated rings. The summed E-state index contributed by atoms with van der Waals surface area (Å²) in [5, 5.41) is 4.00. The van der Waals surface area contributed by atoms with Crippen molar-refractivity contribution in [3.8, 4) is 0 Å². The van der Waals surface area contributed by atoms with Crippen molar-refractivity contribution in [2.24, 2.45) is 0 Å². The second kappa shape index (κ2) is 7.53. The van der Waals surface area contributed by atoms with Gasteiger partial charge in [-0.3, -0.25) is 9.80 Å². The molecule has 0 saturated carbocycles. The quantitative estimate of drug-likeness (QED) is 0.828. The fourth-order valence-electron chi connectivity index (χ4n) is 3.31. The normalized spacial score (nSPS) is 26.2. The van der Waals surface area contributed by atoms with Crippen LogP contribution in [0.25, 0.3) is 0 Å². The molecule has 2 aliphatic heterocycles. The van der Waals surface area contributed by atoms with Crippen molar-refractivity contribution in [2.45, 2.75) is 51.7 Å². The zero-order valence-electron chi connectivity index (χ0n) is 13.8. The summed E-state index contributed by atoms with van der Waals surface area (Å²) in [5.41, 5.74) is 0. The second-order valence-electron chi connectivity index (χ2n) is 6.40. The predicted molar refractivity (Wildman–Crippen MR) is 83.7 cm³/mol. The molecule has 3 heterocycles. The third-order valence-electron chi connectivity index (χ3n) is 4.85. The van der Waals surface area contributed by atoms with Crippen LogP contribution >= 0.6 is 0 Å². The van der Waals surface area contributed by atoms with Gasteiger partial charge < -0.3 is 9.26 Å². The predicted octanol–water partition coefficient (Wildman–Crippen LogP) is 1.88. The number of nitrogens with zero attached hydrogens (tertiary/aromatic N) is 4. The summed E-state index contributed by atoms with van der Waals surface area (Å²) in [7, 11) is 0. The molecule has 1 aromatic rings. The highest BCUT2D eigenvalue weighted by atomic mass is 16.5. The number of aryl methyl sites for hydroxylation is 1. The Morgan fingerprint density at radius 2 is 2.05 bits per heavy atom. The van der Waals surface area contributed by atoms with Gasteiger partial charge in [0.15, 0.2) is 5.82 Å². The van der Waals surface area contributed by atoms with Crippen LogP contribution in [0.3, 0.4) is 0 Å². The molecule has 3 rings (SSSR count). The topological polar surface area (TPSA) is 54.6 Å². The van der Waals surface area contributed by atoms with Crippen molar-refractivity contribution in [2.75, 3.05) is 39.3 Å². The van der Waals surface area contributed by atoms with Crippen molar-refractivity contribution in [3.63, 3.8) is 0 Å². The van der Waals surface area contributed by atoms with Crippen LogP contribution in [0.1, 0.15) is 50.9 Å². The standard InChI is InChI=1S/C16H28N4O2/c1-3-15-17-16(22-18-15)13(2)20-9-7-19(8-10-20)12-14-6-4-5-11-21-14/h13-14H,3-12H2,1-2H3/t13-,14+/m1/s1. The molecule has 6 nitrogen and oxygen atoms in total. The van der Waals surface area contributed by atoms with E-state index in [1.807, 2.05) is 6.92 Å². The Balaban J connectivity index is 1.46. The summed E-state index contributed by atoms with van der Waals surface area (Å²) in [6.07, 6.45) is 5.04. The van der Waals surface area contributed by atoms with E-state index in [4.69, 9.17) is 9.26 Å². The van der Waals surface area contributed by atoms with Gasteiger partial charge in [0.2, 0.25) is 5.89 Å². The second-order valence-corrected chi connectivity index (χ2v) is 6.40. The molecule has 6 heteroatoms. The summed E-state index contributed by atoms with van der Waals surface area (Å²) in [4.78, 5) is 9.43. The average molecular weight is 308 g/mol. The third-order valence-corrected chi connectivity index (χ3v) is 4.85. The molecule has 2 aliphatic rings. The Morgan fingerprint density at radius 3 is 2.68 bits per heavy atom. The molecule has 0 spiro atoms. The summed E-state index contributed by atoms with van der Waals surface area (Å²) >= 11 is 0. The number of rotatable bonds is 5. The Bertz CT molecular complexity index is 451. The largest absolute Gasteiger partial charge is 0.377 e. The van der Waals surface area contributed by atoms with Gasteiger partial charge in [0.05, 0.1) is 12.1 Å². The molecule has 0 N–H and O–H groups in total. The Morgan fingerprint density at radius 1 is 1.23 bits per heavy atom. The van der Waals surface area contributed by atoms with Crippen LogP contribution in [0, 0.1) is 0 Å². The zero-order chi connectivity index (χ0) is 15.4. The Labute approximate surface area is 132 Å². The Hall–Kier alpha value is -0.980. The van der Waals surface area contributed by atoms with Gasteiger partial charge in [-0.05, 0) is 26.2 Å². The molecular weight excluding hydrogens is 280 g/mol. The highest BCUT2D eigenvalue weighted by Gasteiger charge is 2.27. The van der Waals surface area contributed by atoms with E-state index in [1.54, 1.807) is 0 Å². The number of hydrogen-bond donors (Lipinski definition) is 0. The van der Waals surface area contributed by atoms with Gasteiger partial charge in [0.25, 0.3) is 0 Å². The molecule has 0 aromatic carbocycles. The summed E-state index contributed by atoms with van der Waals surface area (Å²) < 4.78 is 11.2. The fourth-order valence-corrected chi connectivity index (χ4v) is 3.31. The van der Waals surface area contributed by atoms with Crippen LogP contribution in [0.2, 0.25) is 0 Å². The van der Waals surface area contributed by atoms with Crippen LogP contribution in [0.4, 0.5) is 0 Å². The van der Waals surface area contributed by atoms with Gasteiger partial charge in [0, 0.05) is 45.8 Å². The fraction of sp³-hybridized carbons (Fsp3) is 0.875. The molecular formula is C16H28N4O2.